The molecule has 0 amide bonds. The van der Waals surface area contributed by atoms with Crippen LogP contribution in [0.1, 0.15) is 12.8 Å². The highest BCUT2D eigenvalue weighted by Crippen LogP contribution is 2.10. The van der Waals surface area contributed by atoms with Crippen LogP contribution < -0.4 is 5.69 Å². The topological polar surface area (TPSA) is 76.5 Å². The molecule has 0 saturated heterocycles. The fourth-order valence-electron chi connectivity index (χ4n) is 1.25. The Bertz CT molecular complexity index is 547. The lowest BCUT2D eigenvalue weighted by Crippen LogP contribution is -2.23. The van der Waals surface area contributed by atoms with Gasteiger partial charge in [0.05, 0.1) is 6.07 Å². The van der Waals surface area contributed by atoms with Crippen LogP contribution in [0, 0.1) is 11.3 Å². The molecule has 0 saturated carbocycles. The van der Waals surface area contributed by atoms with E-state index in [0.717, 1.165) is 5.00 Å². The SMILES string of the molecule is N#CCCCn1nnn(-c2cccs2)c1=O. The summed E-state index contributed by atoms with van der Waals surface area (Å²) in [5.74, 6) is 0. The maximum atomic E-state index is 11.8. The summed E-state index contributed by atoms with van der Waals surface area (Å²) in [5.41, 5.74) is -0.264. The summed E-state index contributed by atoms with van der Waals surface area (Å²) in [7, 11) is 0. The molecule has 0 N–H and O–H groups in total. The van der Waals surface area contributed by atoms with Gasteiger partial charge in [0.15, 0.2) is 0 Å². The molecule has 0 aliphatic carbocycles. The lowest BCUT2D eigenvalue weighted by atomic mass is 10.3. The molecule has 2 aromatic heterocycles. The minimum atomic E-state index is -0.264. The molecule has 0 unspecified atom stereocenters. The van der Waals surface area contributed by atoms with Crippen molar-refractivity contribution in [2.24, 2.45) is 0 Å². The molecule has 0 aliphatic heterocycles. The molecule has 6 nitrogen and oxygen atoms in total. The number of hydrogen-bond acceptors (Lipinski definition) is 5. The zero-order valence-corrected chi connectivity index (χ0v) is 9.22. The first-order valence-corrected chi connectivity index (χ1v) is 5.64. The zero-order chi connectivity index (χ0) is 11.4. The van der Waals surface area contributed by atoms with Crippen LogP contribution in [0.25, 0.3) is 5.00 Å². The predicted octanol–water partition coefficient (Wildman–Crippen LogP) is 0.794. The minimum absolute atomic E-state index is 0.264. The van der Waals surface area contributed by atoms with Crippen molar-refractivity contribution in [2.45, 2.75) is 19.4 Å². The van der Waals surface area contributed by atoms with Crippen molar-refractivity contribution in [3.8, 4) is 11.1 Å². The number of thiophene rings is 1. The Balaban J connectivity index is 2.19. The fourth-order valence-corrected chi connectivity index (χ4v) is 1.92. The van der Waals surface area contributed by atoms with E-state index in [0.29, 0.717) is 19.4 Å². The van der Waals surface area contributed by atoms with Gasteiger partial charge in [-0.2, -0.15) is 14.6 Å². The highest BCUT2D eigenvalue weighted by molar-refractivity contribution is 7.12. The number of hydrogen-bond donors (Lipinski definition) is 0. The number of nitrogens with zero attached hydrogens (tertiary/aromatic N) is 5. The van der Waals surface area contributed by atoms with Gasteiger partial charge in [-0.25, -0.2) is 4.79 Å². The van der Waals surface area contributed by atoms with Crippen LogP contribution in [0.4, 0.5) is 0 Å². The van der Waals surface area contributed by atoms with E-state index in [2.05, 4.69) is 10.4 Å². The molecule has 2 aromatic rings. The maximum Gasteiger partial charge on any atom is 0.369 e. The van der Waals surface area contributed by atoms with Crippen LogP contribution in [0.3, 0.4) is 0 Å². The average Bonchev–Trinajstić information content (AvgIpc) is 2.89. The van der Waals surface area contributed by atoms with Crippen LogP contribution >= 0.6 is 11.3 Å². The van der Waals surface area contributed by atoms with Crippen molar-refractivity contribution in [3.05, 3.63) is 28.0 Å². The van der Waals surface area contributed by atoms with Crippen LogP contribution in [0.5, 0.6) is 0 Å². The average molecular weight is 235 g/mol. The van der Waals surface area contributed by atoms with E-state index in [4.69, 9.17) is 5.26 Å². The van der Waals surface area contributed by atoms with E-state index >= 15 is 0 Å². The third-order valence-corrected chi connectivity index (χ3v) is 2.86. The molecule has 0 fully saturated rings. The maximum absolute atomic E-state index is 11.8. The standard InChI is InChI=1S/C9H9N5OS/c10-5-1-2-6-13-9(15)14(12-11-13)8-4-3-7-16-8/h3-4,7H,1-2,6H2. The fraction of sp³-hybridized carbons (Fsp3) is 0.333. The van der Waals surface area contributed by atoms with Gasteiger partial charge in [0.1, 0.15) is 5.00 Å². The Morgan fingerprint density at radius 3 is 3.06 bits per heavy atom. The Morgan fingerprint density at radius 2 is 2.38 bits per heavy atom. The Kier molecular flexibility index (Phi) is 3.12. The van der Waals surface area contributed by atoms with Gasteiger partial charge in [0, 0.05) is 13.0 Å². The van der Waals surface area contributed by atoms with Gasteiger partial charge < -0.3 is 0 Å². The van der Waals surface area contributed by atoms with Crippen molar-refractivity contribution in [1.29, 1.82) is 5.26 Å². The summed E-state index contributed by atoms with van der Waals surface area (Å²) < 4.78 is 2.54. The lowest BCUT2D eigenvalue weighted by Gasteiger charge is -1.93. The van der Waals surface area contributed by atoms with Crippen LogP contribution in [-0.2, 0) is 6.54 Å². The molecule has 2 heterocycles. The summed E-state index contributed by atoms with van der Waals surface area (Å²) >= 11 is 1.43. The van der Waals surface area contributed by atoms with E-state index in [1.54, 1.807) is 6.07 Å². The molecular formula is C9H9N5OS. The van der Waals surface area contributed by atoms with Crippen LogP contribution in [-0.4, -0.2) is 19.8 Å². The monoisotopic (exact) mass is 235 g/mol. The van der Waals surface area contributed by atoms with E-state index in [9.17, 15) is 4.79 Å². The first-order valence-electron chi connectivity index (χ1n) is 4.76. The summed E-state index contributed by atoms with van der Waals surface area (Å²) in [5, 5.41) is 18.5. The number of unbranched alkanes of at least 4 members (excludes halogenated alkanes) is 1. The number of nitriles is 1. The number of aromatic nitrogens is 4. The normalized spacial score (nSPS) is 10.2. The third kappa shape index (κ3) is 2.01. The highest BCUT2D eigenvalue weighted by atomic mass is 32.1. The molecular weight excluding hydrogens is 226 g/mol. The molecule has 0 atom stereocenters. The minimum Gasteiger partial charge on any atom is -0.244 e. The first kappa shape index (κ1) is 10.6. The Morgan fingerprint density at radius 1 is 1.50 bits per heavy atom. The van der Waals surface area contributed by atoms with Crippen LogP contribution in [0.15, 0.2) is 22.3 Å². The number of aryl methyl sites for hydroxylation is 1. The van der Waals surface area contributed by atoms with Crippen molar-refractivity contribution in [1.82, 2.24) is 19.8 Å². The van der Waals surface area contributed by atoms with Gasteiger partial charge in [-0.15, -0.1) is 11.3 Å². The summed E-state index contributed by atoms with van der Waals surface area (Å²) in [6.45, 7) is 0.428. The quantitative estimate of drug-likeness (QED) is 0.734. The molecule has 0 aromatic carbocycles. The van der Waals surface area contributed by atoms with Gasteiger partial charge in [-0.05, 0) is 34.4 Å². The van der Waals surface area contributed by atoms with Crippen molar-refractivity contribution >= 4 is 11.3 Å². The third-order valence-electron chi connectivity index (χ3n) is 2.01. The summed E-state index contributed by atoms with van der Waals surface area (Å²) in [6.07, 6.45) is 1.03. The highest BCUT2D eigenvalue weighted by Gasteiger charge is 2.08. The van der Waals surface area contributed by atoms with Gasteiger partial charge in [-0.1, -0.05) is 0 Å². The smallest absolute Gasteiger partial charge is 0.244 e. The van der Waals surface area contributed by atoms with Crippen LogP contribution in [0.2, 0.25) is 0 Å². The van der Waals surface area contributed by atoms with E-state index in [1.807, 2.05) is 17.5 Å². The van der Waals surface area contributed by atoms with Crippen molar-refractivity contribution < 1.29 is 0 Å². The number of rotatable bonds is 4. The van der Waals surface area contributed by atoms with E-state index < -0.39 is 0 Å². The Labute approximate surface area is 95.3 Å². The predicted molar refractivity (Wildman–Crippen MR) is 58.3 cm³/mol. The summed E-state index contributed by atoms with van der Waals surface area (Å²) in [4.78, 5) is 11.8. The van der Waals surface area contributed by atoms with Crippen molar-refractivity contribution in [3.63, 3.8) is 0 Å². The molecule has 16 heavy (non-hydrogen) atoms. The second-order valence-corrected chi connectivity index (χ2v) is 4.04. The lowest BCUT2D eigenvalue weighted by molar-refractivity contribution is 0.551. The molecule has 7 heteroatoms. The molecule has 0 aliphatic rings. The van der Waals surface area contributed by atoms with Gasteiger partial charge in [-0.3, -0.25) is 0 Å². The molecule has 2 rings (SSSR count). The largest absolute Gasteiger partial charge is 0.369 e. The van der Waals surface area contributed by atoms with E-state index in [-0.39, 0.29) is 5.69 Å². The van der Waals surface area contributed by atoms with E-state index in [1.165, 1.54) is 20.7 Å². The summed E-state index contributed by atoms with van der Waals surface area (Å²) in [6, 6.07) is 5.68. The zero-order valence-electron chi connectivity index (χ0n) is 8.41. The first-order chi connectivity index (χ1) is 7.83. The Hall–Kier alpha value is -1.94. The van der Waals surface area contributed by atoms with Gasteiger partial charge >= 0.3 is 5.69 Å². The van der Waals surface area contributed by atoms with Gasteiger partial charge in [0.25, 0.3) is 0 Å². The second kappa shape index (κ2) is 4.72. The molecule has 0 bridgehead atoms. The van der Waals surface area contributed by atoms with Gasteiger partial charge in [0.2, 0.25) is 0 Å². The van der Waals surface area contributed by atoms with Crippen molar-refractivity contribution in [2.75, 3.05) is 0 Å². The molecule has 0 radical (unpaired) electrons. The number of tetrazole rings is 1. The second-order valence-electron chi connectivity index (χ2n) is 3.11. The molecule has 0 spiro atoms. The molecule has 82 valence electrons.